The number of nitrogen functional groups attached to an aromatic ring is 1. The first-order valence-corrected chi connectivity index (χ1v) is 10.7. The molecule has 0 amide bonds. The fourth-order valence-corrected chi connectivity index (χ4v) is 4.60. The number of ether oxygens (including phenoxy) is 1. The van der Waals surface area contributed by atoms with Crippen LogP contribution in [0.3, 0.4) is 0 Å². The van der Waals surface area contributed by atoms with Gasteiger partial charge < -0.3 is 15.4 Å². The SMILES string of the molecule is [2H]C([2H])([2H])N1CC[C@H](c2cn3nc(N)nc(OC)c3c2-c2ccc3nnn([C@@H](C)CF)c3c2)C(F)(F)C1. The van der Waals surface area contributed by atoms with E-state index in [0.717, 1.165) is 4.90 Å². The molecule has 1 aromatic carbocycles. The van der Waals surface area contributed by atoms with E-state index in [-0.39, 0.29) is 30.4 Å². The first-order chi connectivity index (χ1) is 17.4. The molecule has 2 atom stereocenters. The number of methoxy groups -OCH3 is 1. The Kier molecular flexibility index (Phi) is 4.52. The Bertz CT molecular complexity index is 1470. The van der Waals surface area contributed by atoms with Gasteiger partial charge in [0.25, 0.3) is 5.92 Å². The second kappa shape index (κ2) is 8.12. The number of aromatic nitrogens is 6. The van der Waals surface area contributed by atoms with Crippen LogP contribution in [0.15, 0.2) is 24.4 Å². The summed E-state index contributed by atoms with van der Waals surface area (Å²) in [5.41, 5.74) is 8.32. The Morgan fingerprint density at radius 1 is 1.38 bits per heavy atom. The average molecular weight is 478 g/mol. The summed E-state index contributed by atoms with van der Waals surface area (Å²) in [6.45, 7) is -2.61. The Balaban J connectivity index is 1.74. The molecule has 9 nitrogen and oxygen atoms in total. The molecule has 180 valence electrons. The molecular formula is C22H25F3N8O. The number of anilines is 1. The van der Waals surface area contributed by atoms with Gasteiger partial charge in [-0.05, 0) is 50.1 Å². The zero-order chi connectivity index (χ0) is 26.7. The van der Waals surface area contributed by atoms with Gasteiger partial charge >= 0.3 is 0 Å². The van der Waals surface area contributed by atoms with E-state index in [9.17, 15) is 4.39 Å². The number of likely N-dealkylation sites (tertiary alicyclic amines) is 1. The van der Waals surface area contributed by atoms with E-state index in [1.807, 2.05) is 0 Å². The molecular weight excluding hydrogens is 449 g/mol. The third kappa shape index (κ3) is 3.52. The summed E-state index contributed by atoms with van der Waals surface area (Å²) in [7, 11) is 1.38. The Morgan fingerprint density at radius 2 is 2.21 bits per heavy atom. The molecule has 12 heteroatoms. The van der Waals surface area contributed by atoms with Crippen LogP contribution in [0.2, 0.25) is 0 Å². The lowest BCUT2D eigenvalue weighted by molar-refractivity contribution is -0.0764. The second-order valence-electron chi connectivity index (χ2n) is 8.50. The average Bonchev–Trinajstić information content (AvgIpc) is 3.42. The van der Waals surface area contributed by atoms with E-state index in [0.29, 0.717) is 27.7 Å². The number of fused-ring (bicyclic) bond motifs is 2. The lowest BCUT2D eigenvalue weighted by Crippen LogP contribution is -2.45. The minimum absolute atomic E-state index is 0.0446. The van der Waals surface area contributed by atoms with Crippen LogP contribution in [-0.4, -0.2) is 74.3 Å². The maximum atomic E-state index is 15.6. The molecule has 1 aliphatic rings. The lowest BCUT2D eigenvalue weighted by Gasteiger charge is -2.36. The van der Waals surface area contributed by atoms with Gasteiger partial charge in [0.05, 0.1) is 31.1 Å². The highest BCUT2D eigenvalue weighted by molar-refractivity contribution is 5.91. The van der Waals surface area contributed by atoms with Gasteiger partial charge in [0.1, 0.15) is 17.7 Å². The number of benzene rings is 1. The molecule has 1 saturated heterocycles. The van der Waals surface area contributed by atoms with Crippen LogP contribution in [-0.2, 0) is 0 Å². The highest BCUT2D eigenvalue weighted by Gasteiger charge is 2.46. The molecule has 0 radical (unpaired) electrons. The zero-order valence-electron chi connectivity index (χ0n) is 21.5. The molecule has 34 heavy (non-hydrogen) atoms. The summed E-state index contributed by atoms with van der Waals surface area (Å²) >= 11 is 0. The maximum absolute atomic E-state index is 15.6. The van der Waals surface area contributed by atoms with Crippen molar-refractivity contribution < 1.29 is 22.0 Å². The Hall–Kier alpha value is -3.41. The van der Waals surface area contributed by atoms with Gasteiger partial charge in [0, 0.05) is 15.9 Å². The quantitative estimate of drug-likeness (QED) is 0.471. The summed E-state index contributed by atoms with van der Waals surface area (Å²) < 4.78 is 75.6. The normalized spacial score (nSPS) is 21.3. The second-order valence-corrected chi connectivity index (χ2v) is 8.50. The molecule has 0 unspecified atom stereocenters. The molecule has 0 saturated carbocycles. The van der Waals surface area contributed by atoms with Crippen molar-refractivity contribution in [2.24, 2.45) is 0 Å². The van der Waals surface area contributed by atoms with Gasteiger partial charge in [-0.2, -0.15) is 4.98 Å². The number of nitrogens with two attached hydrogens (primary N) is 1. The first-order valence-electron chi connectivity index (χ1n) is 12.2. The number of alkyl halides is 3. The topological polar surface area (TPSA) is 99.4 Å². The van der Waals surface area contributed by atoms with Crippen molar-refractivity contribution in [2.45, 2.75) is 31.2 Å². The van der Waals surface area contributed by atoms with Crippen LogP contribution < -0.4 is 10.5 Å². The summed E-state index contributed by atoms with van der Waals surface area (Å²) in [6.07, 6.45) is 1.35. The molecule has 0 spiro atoms. The first kappa shape index (κ1) is 19.0. The molecule has 3 aromatic heterocycles. The van der Waals surface area contributed by atoms with Gasteiger partial charge in [-0.15, -0.1) is 10.2 Å². The van der Waals surface area contributed by atoms with E-state index in [4.69, 9.17) is 14.6 Å². The highest BCUT2D eigenvalue weighted by Crippen LogP contribution is 2.47. The molecule has 5 rings (SSSR count). The molecule has 1 aliphatic heterocycles. The minimum Gasteiger partial charge on any atom is -0.479 e. The molecule has 1 fully saturated rings. The number of hydrogen-bond acceptors (Lipinski definition) is 7. The van der Waals surface area contributed by atoms with E-state index >= 15 is 8.78 Å². The highest BCUT2D eigenvalue weighted by atomic mass is 19.3. The maximum Gasteiger partial charge on any atom is 0.267 e. The third-order valence-electron chi connectivity index (χ3n) is 6.21. The fraction of sp³-hybridized carbons (Fsp3) is 0.455. The largest absolute Gasteiger partial charge is 0.479 e. The van der Waals surface area contributed by atoms with Crippen molar-refractivity contribution in [2.75, 3.05) is 39.6 Å². The predicted molar refractivity (Wildman–Crippen MR) is 121 cm³/mol. The summed E-state index contributed by atoms with van der Waals surface area (Å²) in [6, 6.07) is 4.49. The van der Waals surface area contributed by atoms with Crippen molar-refractivity contribution >= 4 is 22.5 Å². The standard InChI is InChI=1S/C22H25F3N8O/c1-12(9-23)33-17-8-13(4-5-16(17)28-30-33)18-14(15-6-7-31(2)11-22(15,24)25)10-32-19(18)20(34-3)27-21(26)29-32/h4-5,8,10,12,15H,6-7,9,11H2,1-3H3,(H2,26,29)/t12-,15+/m0/s1/i2D3. The molecule has 2 N–H and O–H groups in total. The van der Waals surface area contributed by atoms with Gasteiger partial charge in [0.15, 0.2) is 0 Å². The van der Waals surface area contributed by atoms with E-state index in [1.165, 1.54) is 22.5 Å². The molecule has 4 heterocycles. The van der Waals surface area contributed by atoms with Gasteiger partial charge in [-0.3, -0.25) is 0 Å². The fourth-order valence-electron chi connectivity index (χ4n) is 4.60. The molecule has 0 aliphatic carbocycles. The zero-order valence-corrected chi connectivity index (χ0v) is 18.5. The Morgan fingerprint density at radius 3 is 2.91 bits per heavy atom. The lowest BCUT2D eigenvalue weighted by atomic mass is 9.84. The monoisotopic (exact) mass is 477 g/mol. The van der Waals surface area contributed by atoms with Gasteiger partial charge in [-0.1, -0.05) is 11.3 Å². The van der Waals surface area contributed by atoms with Crippen molar-refractivity contribution in [3.63, 3.8) is 0 Å². The number of piperidine rings is 1. The summed E-state index contributed by atoms with van der Waals surface area (Å²) in [5.74, 6) is -4.72. The number of hydrogen-bond donors (Lipinski definition) is 1. The van der Waals surface area contributed by atoms with Crippen LogP contribution in [0.25, 0.3) is 27.7 Å². The van der Waals surface area contributed by atoms with Crippen LogP contribution >= 0.6 is 0 Å². The summed E-state index contributed by atoms with van der Waals surface area (Å²) in [5, 5.41) is 12.3. The van der Waals surface area contributed by atoms with Crippen molar-refractivity contribution in [3.8, 4) is 17.0 Å². The number of rotatable bonds is 5. The third-order valence-corrected chi connectivity index (χ3v) is 6.21. The smallest absolute Gasteiger partial charge is 0.267 e. The van der Waals surface area contributed by atoms with Crippen LogP contribution in [0.4, 0.5) is 19.1 Å². The van der Waals surface area contributed by atoms with E-state index in [1.54, 1.807) is 25.1 Å². The Labute approximate surface area is 197 Å². The number of halogens is 3. The van der Waals surface area contributed by atoms with Crippen molar-refractivity contribution in [1.82, 2.24) is 34.5 Å². The van der Waals surface area contributed by atoms with Gasteiger partial charge in [0.2, 0.25) is 11.8 Å². The minimum atomic E-state index is -3.37. The van der Waals surface area contributed by atoms with Crippen molar-refractivity contribution in [3.05, 3.63) is 30.0 Å². The molecule has 0 bridgehead atoms. The molecule has 4 aromatic rings. The van der Waals surface area contributed by atoms with Crippen LogP contribution in [0, 0.1) is 0 Å². The predicted octanol–water partition coefficient (Wildman–Crippen LogP) is 3.32. The van der Waals surface area contributed by atoms with Crippen molar-refractivity contribution in [1.29, 1.82) is 0 Å². The van der Waals surface area contributed by atoms with Gasteiger partial charge in [-0.25, -0.2) is 22.4 Å². The van der Waals surface area contributed by atoms with Crippen LogP contribution in [0.1, 0.15) is 35.0 Å². The summed E-state index contributed by atoms with van der Waals surface area (Å²) in [4.78, 5) is 4.94. The van der Waals surface area contributed by atoms with Crippen LogP contribution in [0.5, 0.6) is 5.88 Å². The van der Waals surface area contributed by atoms with E-state index < -0.39 is 38.1 Å². The van der Waals surface area contributed by atoms with E-state index in [2.05, 4.69) is 20.4 Å². The number of nitrogens with zero attached hydrogens (tertiary/aromatic N) is 7.